The maximum atomic E-state index is 10.6. The number of nitrogens with one attached hydrogen (secondary N) is 1. The molecule has 5 nitrogen and oxygen atoms in total. The minimum Gasteiger partial charge on any atom is -0.465 e. The summed E-state index contributed by atoms with van der Waals surface area (Å²) in [7, 11) is 0. The molecule has 5 heteroatoms. The van der Waals surface area contributed by atoms with Gasteiger partial charge in [-0.25, -0.2) is 9.69 Å². The van der Waals surface area contributed by atoms with E-state index in [0.29, 0.717) is 6.42 Å². The maximum absolute atomic E-state index is 10.6. The number of nitrogens with two attached hydrogens (primary N) is 1. The molecule has 0 aliphatic carbocycles. The Morgan fingerprint density at radius 3 is 3.08 bits per heavy atom. The van der Waals surface area contributed by atoms with E-state index < -0.39 is 11.9 Å². The summed E-state index contributed by atoms with van der Waals surface area (Å²) in [6.07, 6.45) is 3.71. The number of nitrogens with zero attached hydrogens (tertiary/aromatic N) is 1. The molecule has 0 aromatic heterocycles. The molecule has 66 valence electrons. The van der Waals surface area contributed by atoms with Crippen LogP contribution in [-0.2, 0) is 0 Å². The SMILES string of the molecule is C=CCC1(N)NC=CN1C(=O)O. The van der Waals surface area contributed by atoms with E-state index in [9.17, 15) is 4.79 Å². The van der Waals surface area contributed by atoms with Crippen LogP contribution in [0.4, 0.5) is 4.79 Å². The molecule has 0 aromatic rings. The summed E-state index contributed by atoms with van der Waals surface area (Å²) in [6.45, 7) is 3.50. The number of hydrogen-bond donors (Lipinski definition) is 3. The van der Waals surface area contributed by atoms with Crippen molar-refractivity contribution in [3.05, 3.63) is 25.1 Å². The van der Waals surface area contributed by atoms with Crippen molar-refractivity contribution < 1.29 is 9.90 Å². The van der Waals surface area contributed by atoms with E-state index in [1.807, 2.05) is 0 Å². The average molecular weight is 169 g/mol. The monoisotopic (exact) mass is 169 g/mol. The van der Waals surface area contributed by atoms with Crippen molar-refractivity contribution in [1.82, 2.24) is 10.2 Å². The summed E-state index contributed by atoms with van der Waals surface area (Å²) in [6, 6.07) is 0. The lowest BCUT2D eigenvalue weighted by Gasteiger charge is -2.31. The third-order valence-electron chi connectivity index (χ3n) is 1.65. The van der Waals surface area contributed by atoms with Crippen molar-refractivity contribution in [2.75, 3.05) is 0 Å². The first-order valence-electron chi connectivity index (χ1n) is 3.46. The Balaban J connectivity index is 2.78. The molecule has 0 saturated carbocycles. The van der Waals surface area contributed by atoms with Crippen LogP contribution in [0.2, 0.25) is 0 Å². The Morgan fingerprint density at radius 2 is 2.58 bits per heavy atom. The normalized spacial score (nSPS) is 26.9. The van der Waals surface area contributed by atoms with E-state index in [1.165, 1.54) is 12.4 Å². The van der Waals surface area contributed by atoms with Gasteiger partial charge in [-0.15, -0.1) is 6.58 Å². The van der Waals surface area contributed by atoms with Gasteiger partial charge in [-0.1, -0.05) is 6.08 Å². The highest BCUT2D eigenvalue weighted by Gasteiger charge is 2.36. The summed E-state index contributed by atoms with van der Waals surface area (Å²) < 4.78 is 0. The molecule has 0 radical (unpaired) electrons. The van der Waals surface area contributed by atoms with Crippen LogP contribution in [0.3, 0.4) is 0 Å². The molecule has 1 heterocycles. The van der Waals surface area contributed by atoms with E-state index in [2.05, 4.69) is 11.9 Å². The minimum atomic E-state index is -1.08. The van der Waals surface area contributed by atoms with E-state index in [1.54, 1.807) is 6.08 Å². The standard InChI is InChI=1S/C7H11N3O2/c1-2-3-7(8)9-4-5-10(7)6(11)12/h2,4-5,9H,1,3,8H2,(H,11,12). The average Bonchev–Trinajstić information content (AvgIpc) is 2.32. The predicted octanol–water partition coefficient (Wildman–Crippen LogP) is 0.229. The smallest absolute Gasteiger partial charge is 0.414 e. The van der Waals surface area contributed by atoms with Crippen LogP contribution in [0, 0.1) is 0 Å². The van der Waals surface area contributed by atoms with Gasteiger partial charge < -0.3 is 10.4 Å². The molecule has 0 fully saturated rings. The summed E-state index contributed by atoms with van der Waals surface area (Å²) in [4.78, 5) is 11.6. The summed E-state index contributed by atoms with van der Waals surface area (Å²) in [5.74, 6) is -1.06. The lowest BCUT2D eigenvalue weighted by atomic mass is 10.2. The minimum absolute atomic E-state index is 0.353. The van der Waals surface area contributed by atoms with Gasteiger partial charge in [0.1, 0.15) is 0 Å². The van der Waals surface area contributed by atoms with Crippen LogP contribution in [0.25, 0.3) is 0 Å². The van der Waals surface area contributed by atoms with Crippen molar-refractivity contribution >= 4 is 6.09 Å². The van der Waals surface area contributed by atoms with Gasteiger partial charge >= 0.3 is 6.09 Å². The Kier molecular flexibility index (Phi) is 2.05. The number of rotatable bonds is 2. The van der Waals surface area contributed by atoms with Gasteiger partial charge in [0.05, 0.1) is 0 Å². The second kappa shape index (κ2) is 2.86. The summed E-state index contributed by atoms with van der Waals surface area (Å²) in [5, 5.41) is 11.4. The van der Waals surface area contributed by atoms with E-state index in [-0.39, 0.29) is 0 Å². The van der Waals surface area contributed by atoms with Crippen LogP contribution in [0.15, 0.2) is 25.1 Å². The predicted molar refractivity (Wildman–Crippen MR) is 43.9 cm³/mol. The highest BCUT2D eigenvalue weighted by molar-refractivity contribution is 5.68. The molecule has 0 saturated heterocycles. The number of carbonyl (C=O) groups is 1. The van der Waals surface area contributed by atoms with Gasteiger partial charge in [-0.2, -0.15) is 0 Å². The van der Waals surface area contributed by atoms with Gasteiger partial charge in [0.2, 0.25) is 0 Å². The molecular formula is C7H11N3O2. The molecule has 0 aromatic carbocycles. The van der Waals surface area contributed by atoms with Crippen LogP contribution < -0.4 is 11.1 Å². The lowest BCUT2D eigenvalue weighted by molar-refractivity contribution is 0.111. The van der Waals surface area contributed by atoms with Gasteiger partial charge in [-0.05, 0) is 0 Å². The van der Waals surface area contributed by atoms with Crippen molar-refractivity contribution in [2.24, 2.45) is 5.73 Å². The van der Waals surface area contributed by atoms with Gasteiger partial charge in [0.25, 0.3) is 0 Å². The van der Waals surface area contributed by atoms with Crippen LogP contribution >= 0.6 is 0 Å². The molecule has 0 bridgehead atoms. The molecule has 1 amide bonds. The zero-order valence-electron chi connectivity index (χ0n) is 6.53. The molecule has 0 spiro atoms. The van der Waals surface area contributed by atoms with Crippen molar-refractivity contribution in [1.29, 1.82) is 0 Å². The fraction of sp³-hybridized carbons (Fsp3) is 0.286. The Hall–Kier alpha value is -1.49. The second-order valence-corrected chi connectivity index (χ2v) is 2.53. The van der Waals surface area contributed by atoms with E-state index in [0.717, 1.165) is 4.90 Å². The fourth-order valence-corrected chi connectivity index (χ4v) is 1.07. The summed E-state index contributed by atoms with van der Waals surface area (Å²) in [5.41, 5.74) is 5.72. The van der Waals surface area contributed by atoms with Gasteiger partial charge in [0, 0.05) is 18.8 Å². The molecular weight excluding hydrogens is 158 g/mol. The van der Waals surface area contributed by atoms with E-state index >= 15 is 0 Å². The Bertz CT molecular complexity index is 239. The third kappa shape index (κ3) is 1.26. The molecule has 1 atom stereocenters. The van der Waals surface area contributed by atoms with Crippen molar-refractivity contribution in [2.45, 2.75) is 12.2 Å². The Labute approximate surface area is 70.1 Å². The molecule has 12 heavy (non-hydrogen) atoms. The molecule has 1 unspecified atom stereocenters. The van der Waals surface area contributed by atoms with Crippen molar-refractivity contribution in [3.8, 4) is 0 Å². The maximum Gasteiger partial charge on any atom is 0.414 e. The first kappa shape index (κ1) is 8.61. The van der Waals surface area contributed by atoms with Crippen LogP contribution in [0.1, 0.15) is 6.42 Å². The van der Waals surface area contributed by atoms with Gasteiger partial charge in [0.15, 0.2) is 5.79 Å². The molecule has 4 N–H and O–H groups in total. The van der Waals surface area contributed by atoms with Gasteiger partial charge in [-0.3, -0.25) is 5.73 Å². The zero-order valence-corrected chi connectivity index (χ0v) is 6.53. The fourth-order valence-electron chi connectivity index (χ4n) is 1.07. The number of amides is 1. The van der Waals surface area contributed by atoms with Crippen LogP contribution in [-0.4, -0.2) is 21.9 Å². The largest absolute Gasteiger partial charge is 0.465 e. The van der Waals surface area contributed by atoms with E-state index in [4.69, 9.17) is 10.8 Å². The number of carboxylic acid groups (broad SMARTS) is 1. The highest BCUT2D eigenvalue weighted by atomic mass is 16.4. The highest BCUT2D eigenvalue weighted by Crippen LogP contribution is 2.16. The first-order chi connectivity index (χ1) is 5.60. The van der Waals surface area contributed by atoms with Crippen molar-refractivity contribution in [3.63, 3.8) is 0 Å². The second-order valence-electron chi connectivity index (χ2n) is 2.53. The molecule has 1 aliphatic heterocycles. The molecule has 1 aliphatic rings. The summed E-state index contributed by atoms with van der Waals surface area (Å²) >= 11 is 0. The number of hydrogen-bond acceptors (Lipinski definition) is 3. The first-order valence-corrected chi connectivity index (χ1v) is 3.46. The Morgan fingerprint density at radius 1 is 1.92 bits per heavy atom. The lowest BCUT2D eigenvalue weighted by Crippen LogP contribution is -2.60. The third-order valence-corrected chi connectivity index (χ3v) is 1.65. The van der Waals surface area contributed by atoms with Crippen LogP contribution in [0.5, 0.6) is 0 Å². The quantitative estimate of drug-likeness (QED) is 0.517. The molecule has 1 rings (SSSR count). The topological polar surface area (TPSA) is 78.6 Å². The zero-order chi connectivity index (χ0) is 9.19.